The average molecular weight is 288 g/mol. The normalized spacial score (nSPS) is 13.7. The monoisotopic (exact) mass is 287 g/mol. The molecule has 0 bridgehead atoms. The van der Waals surface area contributed by atoms with E-state index in [1.165, 1.54) is 19.1 Å². The van der Waals surface area contributed by atoms with Crippen molar-refractivity contribution in [3.63, 3.8) is 0 Å². The van der Waals surface area contributed by atoms with Crippen molar-refractivity contribution in [1.29, 1.82) is 0 Å². The van der Waals surface area contributed by atoms with Crippen LogP contribution in [0.15, 0.2) is 18.2 Å². The summed E-state index contributed by atoms with van der Waals surface area (Å²) in [6, 6.07) is 3.89. The molecule has 1 unspecified atom stereocenters. The third kappa shape index (κ3) is 3.44. The first-order valence-electron chi connectivity index (χ1n) is 5.77. The van der Waals surface area contributed by atoms with E-state index in [0.717, 1.165) is 6.07 Å². The van der Waals surface area contributed by atoms with Gasteiger partial charge in [0.25, 0.3) is 5.91 Å². The number of nitrogens with one attached hydrogen (secondary N) is 1. The Bertz CT molecular complexity index is 507. The van der Waals surface area contributed by atoms with Crippen LogP contribution in [0.3, 0.4) is 0 Å². The molecule has 1 rings (SSSR count). The number of hydrogen-bond donors (Lipinski definition) is 2. The minimum absolute atomic E-state index is 0.00879. The lowest BCUT2D eigenvalue weighted by atomic mass is 9.87. The van der Waals surface area contributed by atoms with Crippen LogP contribution in [0.1, 0.15) is 30.6 Å². The van der Waals surface area contributed by atoms with Crippen LogP contribution in [0.2, 0.25) is 5.02 Å². The van der Waals surface area contributed by atoms with E-state index < -0.39 is 23.1 Å². The topological polar surface area (TPSA) is 66.4 Å². The number of amides is 1. The molecule has 0 aliphatic carbocycles. The minimum Gasteiger partial charge on any atom is -0.481 e. The van der Waals surface area contributed by atoms with Gasteiger partial charge in [-0.2, -0.15) is 0 Å². The molecule has 2 N–H and O–H groups in total. The molecule has 0 heterocycles. The van der Waals surface area contributed by atoms with Crippen molar-refractivity contribution in [2.75, 3.05) is 6.54 Å². The van der Waals surface area contributed by atoms with Crippen molar-refractivity contribution < 1.29 is 19.1 Å². The van der Waals surface area contributed by atoms with Gasteiger partial charge in [0.05, 0.1) is 16.0 Å². The summed E-state index contributed by atoms with van der Waals surface area (Å²) >= 11 is 5.68. The van der Waals surface area contributed by atoms with E-state index >= 15 is 0 Å². The number of carboxylic acids is 1. The third-order valence-corrected chi connectivity index (χ3v) is 3.52. The molecule has 0 fully saturated rings. The van der Waals surface area contributed by atoms with Crippen molar-refractivity contribution in [2.45, 2.75) is 20.3 Å². The molecular weight excluding hydrogens is 273 g/mol. The van der Waals surface area contributed by atoms with Crippen LogP contribution >= 0.6 is 11.6 Å². The van der Waals surface area contributed by atoms with Crippen LogP contribution in [0.4, 0.5) is 4.39 Å². The number of aliphatic carboxylic acids is 1. The number of carboxylic acid groups (broad SMARTS) is 1. The molecule has 0 radical (unpaired) electrons. The van der Waals surface area contributed by atoms with Crippen molar-refractivity contribution in [3.05, 3.63) is 34.6 Å². The summed E-state index contributed by atoms with van der Waals surface area (Å²) < 4.78 is 13.2. The molecule has 1 atom stereocenters. The summed E-state index contributed by atoms with van der Waals surface area (Å²) in [5, 5.41) is 11.3. The molecule has 104 valence electrons. The Balaban J connectivity index is 2.81. The summed E-state index contributed by atoms with van der Waals surface area (Å²) in [6.07, 6.45) is 0.361. The fraction of sp³-hybridized carbons (Fsp3) is 0.385. The van der Waals surface area contributed by atoms with E-state index in [4.69, 9.17) is 16.7 Å². The van der Waals surface area contributed by atoms with Crippen molar-refractivity contribution in [2.24, 2.45) is 5.41 Å². The summed E-state index contributed by atoms with van der Waals surface area (Å²) in [6.45, 7) is 3.20. The van der Waals surface area contributed by atoms with E-state index in [1.807, 2.05) is 0 Å². The molecule has 1 aromatic rings. The molecule has 0 saturated carbocycles. The summed E-state index contributed by atoms with van der Waals surface area (Å²) in [5.41, 5.74) is -1.07. The molecule has 0 aromatic heterocycles. The molecular formula is C13H15ClFNO3. The Morgan fingerprint density at radius 3 is 2.63 bits per heavy atom. The zero-order valence-electron chi connectivity index (χ0n) is 10.7. The number of benzene rings is 1. The molecule has 0 aliphatic rings. The maximum Gasteiger partial charge on any atom is 0.311 e. The van der Waals surface area contributed by atoms with Crippen molar-refractivity contribution in [1.82, 2.24) is 5.32 Å². The highest BCUT2D eigenvalue weighted by Crippen LogP contribution is 2.22. The maximum absolute atomic E-state index is 13.2. The molecule has 0 aliphatic heterocycles. The number of rotatable bonds is 5. The first kappa shape index (κ1) is 15.4. The summed E-state index contributed by atoms with van der Waals surface area (Å²) in [4.78, 5) is 22.9. The van der Waals surface area contributed by atoms with Crippen LogP contribution in [0.25, 0.3) is 0 Å². The molecule has 1 aromatic carbocycles. The number of halogens is 2. The van der Waals surface area contributed by atoms with Gasteiger partial charge in [0.2, 0.25) is 0 Å². The fourth-order valence-corrected chi connectivity index (χ4v) is 1.61. The van der Waals surface area contributed by atoms with Gasteiger partial charge < -0.3 is 10.4 Å². The minimum atomic E-state index is -1.06. The first-order chi connectivity index (χ1) is 8.81. The molecule has 0 saturated heterocycles. The second-order valence-corrected chi connectivity index (χ2v) is 4.88. The predicted octanol–water partition coefficient (Wildman–Crippen LogP) is 2.71. The number of carbonyl (C=O) groups is 2. The van der Waals surface area contributed by atoms with Crippen LogP contribution in [0, 0.1) is 11.2 Å². The van der Waals surface area contributed by atoms with Crippen LogP contribution < -0.4 is 5.32 Å². The standard InChI is InChI=1S/C13H15ClFNO3/c1-3-13(2,12(18)19)7-16-11(17)8-5-4-6-9(15)10(8)14/h4-6H,3,7H2,1-2H3,(H,16,17)(H,18,19). The predicted molar refractivity (Wildman–Crippen MR) is 69.8 cm³/mol. The smallest absolute Gasteiger partial charge is 0.311 e. The van der Waals surface area contributed by atoms with Gasteiger partial charge in [-0.05, 0) is 25.5 Å². The van der Waals surface area contributed by atoms with E-state index in [1.54, 1.807) is 6.92 Å². The van der Waals surface area contributed by atoms with Gasteiger partial charge in [-0.15, -0.1) is 0 Å². The number of carbonyl (C=O) groups excluding carboxylic acids is 1. The van der Waals surface area contributed by atoms with Crippen molar-refractivity contribution >= 4 is 23.5 Å². The lowest BCUT2D eigenvalue weighted by molar-refractivity contribution is -0.147. The molecule has 0 spiro atoms. The molecule has 6 heteroatoms. The zero-order chi connectivity index (χ0) is 14.6. The van der Waals surface area contributed by atoms with E-state index in [0.29, 0.717) is 6.42 Å². The van der Waals surface area contributed by atoms with E-state index in [9.17, 15) is 14.0 Å². The average Bonchev–Trinajstić information content (AvgIpc) is 2.38. The maximum atomic E-state index is 13.2. The summed E-state index contributed by atoms with van der Waals surface area (Å²) in [7, 11) is 0. The fourth-order valence-electron chi connectivity index (χ4n) is 1.40. The van der Waals surface area contributed by atoms with Gasteiger partial charge >= 0.3 is 5.97 Å². The van der Waals surface area contributed by atoms with Gasteiger partial charge in [0.1, 0.15) is 5.82 Å². The Morgan fingerprint density at radius 1 is 1.47 bits per heavy atom. The third-order valence-electron chi connectivity index (χ3n) is 3.13. The second kappa shape index (κ2) is 6.02. The zero-order valence-corrected chi connectivity index (χ0v) is 11.4. The Hall–Kier alpha value is -1.62. The lowest BCUT2D eigenvalue weighted by Gasteiger charge is -2.23. The van der Waals surface area contributed by atoms with E-state index in [2.05, 4.69) is 5.32 Å². The van der Waals surface area contributed by atoms with Gasteiger partial charge in [-0.1, -0.05) is 24.6 Å². The van der Waals surface area contributed by atoms with Gasteiger partial charge in [0, 0.05) is 6.54 Å². The highest BCUT2D eigenvalue weighted by atomic mass is 35.5. The second-order valence-electron chi connectivity index (χ2n) is 4.50. The van der Waals surface area contributed by atoms with Gasteiger partial charge in [-0.25, -0.2) is 4.39 Å². The molecule has 1 amide bonds. The van der Waals surface area contributed by atoms with Crippen LogP contribution in [-0.4, -0.2) is 23.5 Å². The Kier molecular flexibility index (Phi) is 4.89. The largest absolute Gasteiger partial charge is 0.481 e. The van der Waals surface area contributed by atoms with Crippen molar-refractivity contribution in [3.8, 4) is 0 Å². The van der Waals surface area contributed by atoms with Gasteiger partial charge in [-0.3, -0.25) is 9.59 Å². The van der Waals surface area contributed by atoms with Crippen LogP contribution in [0.5, 0.6) is 0 Å². The highest BCUT2D eigenvalue weighted by molar-refractivity contribution is 6.34. The number of hydrogen-bond acceptors (Lipinski definition) is 2. The Morgan fingerprint density at radius 2 is 2.11 bits per heavy atom. The highest BCUT2D eigenvalue weighted by Gasteiger charge is 2.31. The quantitative estimate of drug-likeness (QED) is 0.875. The lowest BCUT2D eigenvalue weighted by Crippen LogP contribution is -2.40. The molecule has 19 heavy (non-hydrogen) atoms. The SMILES string of the molecule is CCC(C)(CNC(=O)c1cccc(F)c1Cl)C(=O)O. The molecule has 4 nitrogen and oxygen atoms in total. The van der Waals surface area contributed by atoms with Gasteiger partial charge in [0.15, 0.2) is 0 Å². The Labute approximate surface area is 115 Å². The first-order valence-corrected chi connectivity index (χ1v) is 6.15. The van der Waals surface area contributed by atoms with E-state index in [-0.39, 0.29) is 17.1 Å². The summed E-state index contributed by atoms with van der Waals surface area (Å²) in [5.74, 6) is -2.28. The van der Waals surface area contributed by atoms with Crippen LogP contribution in [-0.2, 0) is 4.79 Å².